The molecule has 0 aliphatic rings. The van der Waals surface area contributed by atoms with Crippen molar-refractivity contribution in [1.29, 1.82) is 0 Å². The van der Waals surface area contributed by atoms with Crippen LogP contribution in [0.4, 0.5) is 0 Å². The van der Waals surface area contributed by atoms with Gasteiger partial charge < -0.3 is 20.4 Å². The summed E-state index contributed by atoms with van der Waals surface area (Å²) in [5.74, 6) is -1.26. The zero-order valence-electron chi connectivity index (χ0n) is 14.1. The molecule has 6 heteroatoms. The van der Waals surface area contributed by atoms with E-state index in [-0.39, 0.29) is 40.6 Å². The van der Waals surface area contributed by atoms with E-state index >= 15 is 0 Å². The van der Waals surface area contributed by atoms with E-state index in [0.717, 1.165) is 0 Å². The number of phenols is 4. The van der Waals surface area contributed by atoms with Crippen LogP contribution in [0.15, 0.2) is 24.3 Å². The number of hydrogen-bond acceptors (Lipinski definition) is 6. The summed E-state index contributed by atoms with van der Waals surface area (Å²) in [5.41, 5.74) is 0.997. The molecule has 0 saturated carbocycles. The van der Waals surface area contributed by atoms with E-state index in [1.807, 2.05) is 27.7 Å². The molecule has 0 atom stereocenters. The lowest BCUT2D eigenvalue weighted by atomic mass is 10.0. The van der Waals surface area contributed by atoms with Crippen LogP contribution in [0.1, 0.15) is 50.7 Å². The molecule has 0 aliphatic heterocycles. The number of rotatable bonds is 5. The third kappa shape index (κ3) is 3.27. The minimum absolute atomic E-state index is 0.00237. The fourth-order valence-electron chi connectivity index (χ4n) is 2.43. The largest absolute Gasteiger partial charge is 0.508 e. The Labute approximate surface area is 140 Å². The van der Waals surface area contributed by atoms with Crippen LogP contribution >= 0.6 is 0 Å². The molecule has 0 radical (unpaired) electrons. The summed E-state index contributed by atoms with van der Waals surface area (Å²) in [5, 5.41) is 39.7. The quantitative estimate of drug-likeness (QED) is 0.284. The number of aromatic hydroxyl groups is 4. The molecule has 0 aromatic heterocycles. The SMILES string of the molecule is CC(C)c1ccc(O)c(O)c1OOc1c(O)ccc(O)c1C(C)C. The molecular weight excluding hydrogens is 312 g/mol. The van der Waals surface area contributed by atoms with E-state index in [1.54, 1.807) is 6.07 Å². The van der Waals surface area contributed by atoms with Crippen LogP contribution < -0.4 is 9.78 Å². The normalized spacial score (nSPS) is 11.1. The molecule has 4 N–H and O–H groups in total. The summed E-state index contributed by atoms with van der Waals surface area (Å²) in [6.45, 7) is 7.44. The Morgan fingerprint density at radius 1 is 0.667 bits per heavy atom. The second-order valence-electron chi connectivity index (χ2n) is 6.17. The lowest BCUT2D eigenvalue weighted by Crippen LogP contribution is -2.07. The van der Waals surface area contributed by atoms with Gasteiger partial charge in [0.25, 0.3) is 0 Å². The maximum Gasteiger partial charge on any atom is 0.227 e. The van der Waals surface area contributed by atoms with Crippen molar-refractivity contribution >= 4 is 0 Å². The molecule has 2 aromatic rings. The van der Waals surface area contributed by atoms with Gasteiger partial charge in [-0.2, -0.15) is 0 Å². The zero-order valence-corrected chi connectivity index (χ0v) is 14.1. The van der Waals surface area contributed by atoms with Gasteiger partial charge >= 0.3 is 0 Å². The molecule has 0 heterocycles. The van der Waals surface area contributed by atoms with Gasteiger partial charge in [0.05, 0.1) is 0 Å². The first-order valence-corrected chi connectivity index (χ1v) is 7.68. The third-order valence-corrected chi connectivity index (χ3v) is 3.70. The highest BCUT2D eigenvalue weighted by atomic mass is 17.2. The van der Waals surface area contributed by atoms with Gasteiger partial charge in [0.2, 0.25) is 17.2 Å². The monoisotopic (exact) mass is 334 g/mol. The molecule has 0 bridgehead atoms. The first kappa shape index (κ1) is 17.6. The maximum atomic E-state index is 10.0. The van der Waals surface area contributed by atoms with Gasteiger partial charge in [0.1, 0.15) is 5.75 Å². The van der Waals surface area contributed by atoms with Crippen molar-refractivity contribution in [1.82, 2.24) is 0 Å². The highest BCUT2D eigenvalue weighted by Crippen LogP contribution is 2.44. The van der Waals surface area contributed by atoms with Crippen molar-refractivity contribution < 1.29 is 30.2 Å². The smallest absolute Gasteiger partial charge is 0.227 e. The predicted octanol–water partition coefficient (Wildman–Crippen LogP) is 4.13. The Kier molecular flexibility index (Phi) is 4.97. The number of benzene rings is 2. The van der Waals surface area contributed by atoms with Gasteiger partial charge in [-0.3, -0.25) is 9.78 Å². The lowest BCUT2D eigenvalue weighted by molar-refractivity contribution is -0.105. The zero-order chi connectivity index (χ0) is 18.0. The molecule has 130 valence electrons. The highest BCUT2D eigenvalue weighted by molar-refractivity contribution is 5.56. The predicted molar refractivity (Wildman–Crippen MR) is 89.0 cm³/mol. The Hall–Kier alpha value is -2.76. The molecule has 0 aliphatic carbocycles. The van der Waals surface area contributed by atoms with E-state index in [9.17, 15) is 20.4 Å². The summed E-state index contributed by atoms with van der Waals surface area (Å²) < 4.78 is 0. The van der Waals surface area contributed by atoms with Gasteiger partial charge in [-0.25, -0.2) is 0 Å². The Morgan fingerprint density at radius 2 is 1.21 bits per heavy atom. The van der Waals surface area contributed by atoms with Crippen molar-refractivity contribution in [3.63, 3.8) is 0 Å². The van der Waals surface area contributed by atoms with Crippen molar-refractivity contribution in [2.24, 2.45) is 0 Å². The highest BCUT2D eigenvalue weighted by Gasteiger charge is 2.22. The Bertz CT molecular complexity index is 735. The van der Waals surface area contributed by atoms with E-state index in [4.69, 9.17) is 9.78 Å². The average Bonchev–Trinajstić information content (AvgIpc) is 2.50. The summed E-state index contributed by atoms with van der Waals surface area (Å²) in [7, 11) is 0. The molecule has 0 amide bonds. The molecule has 24 heavy (non-hydrogen) atoms. The fraction of sp³-hybridized carbons (Fsp3) is 0.333. The molecule has 0 unspecified atom stereocenters. The Balaban J connectivity index is 2.43. The van der Waals surface area contributed by atoms with Crippen molar-refractivity contribution in [2.75, 3.05) is 0 Å². The van der Waals surface area contributed by atoms with Gasteiger partial charge in [0.15, 0.2) is 11.5 Å². The van der Waals surface area contributed by atoms with Crippen LogP contribution in [0.3, 0.4) is 0 Å². The van der Waals surface area contributed by atoms with Crippen LogP contribution in [-0.2, 0) is 0 Å². The van der Waals surface area contributed by atoms with Crippen LogP contribution in [-0.4, -0.2) is 20.4 Å². The van der Waals surface area contributed by atoms with Crippen LogP contribution in [0.25, 0.3) is 0 Å². The average molecular weight is 334 g/mol. The number of hydrogen-bond donors (Lipinski definition) is 4. The van der Waals surface area contributed by atoms with Crippen molar-refractivity contribution in [3.05, 3.63) is 35.4 Å². The topological polar surface area (TPSA) is 99.4 Å². The van der Waals surface area contributed by atoms with Crippen LogP contribution in [0.2, 0.25) is 0 Å². The van der Waals surface area contributed by atoms with E-state index < -0.39 is 5.75 Å². The van der Waals surface area contributed by atoms with Gasteiger partial charge in [-0.1, -0.05) is 33.8 Å². The summed E-state index contributed by atoms with van der Waals surface area (Å²) in [6.07, 6.45) is 0. The molecule has 2 rings (SSSR count). The maximum absolute atomic E-state index is 10.0. The van der Waals surface area contributed by atoms with E-state index in [0.29, 0.717) is 11.1 Å². The van der Waals surface area contributed by atoms with Crippen molar-refractivity contribution in [3.8, 4) is 34.5 Å². The molecule has 6 nitrogen and oxygen atoms in total. The minimum atomic E-state index is -0.452. The number of phenolic OH excluding ortho intramolecular Hbond substituents is 4. The summed E-state index contributed by atoms with van der Waals surface area (Å²) in [6, 6.07) is 5.63. The van der Waals surface area contributed by atoms with Crippen LogP contribution in [0, 0.1) is 0 Å². The molecule has 0 spiro atoms. The van der Waals surface area contributed by atoms with Crippen molar-refractivity contribution in [2.45, 2.75) is 39.5 Å². The molecular formula is C18H22O6. The van der Waals surface area contributed by atoms with Gasteiger partial charge in [-0.05, 0) is 30.0 Å². The first-order valence-electron chi connectivity index (χ1n) is 7.68. The standard InChI is InChI=1S/C18H22O6/c1-9(2)11-5-6-13(20)16(22)17(11)23-24-18-14(21)8-7-12(19)15(18)10(3)4/h5-10,19-22H,1-4H3. The van der Waals surface area contributed by atoms with E-state index in [1.165, 1.54) is 18.2 Å². The Morgan fingerprint density at radius 3 is 1.79 bits per heavy atom. The van der Waals surface area contributed by atoms with E-state index in [2.05, 4.69) is 0 Å². The van der Waals surface area contributed by atoms with Crippen LogP contribution in [0.5, 0.6) is 34.5 Å². The fourth-order valence-corrected chi connectivity index (χ4v) is 2.43. The minimum Gasteiger partial charge on any atom is -0.508 e. The lowest BCUT2D eigenvalue weighted by Gasteiger charge is -2.18. The summed E-state index contributed by atoms with van der Waals surface area (Å²) >= 11 is 0. The third-order valence-electron chi connectivity index (χ3n) is 3.70. The summed E-state index contributed by atoms with van der Waals surface area (Å²) in [4.78, 5) is 10.5. The molecule has 0 fully saturated rings. The molecule has 2 aromatic carbocycles. The van der Waals surface area contributed by atoms with Gasteiger partial charge in [-0.15, -0.1) is 0 Å². The second-order valence-corrected chi connectivity index (χ2v) is 6.17. The molecule has 0 saturated heterocycles. The van der Waals surface area contributed by atoms with Gasteiger partial charge in [0, 0.05) is 11.1 Å². The second kappa shape index (κ2) is 6.78. The first-order chi connectivity index (χ1) is 11.2.